The van der Waals surface area contributed by atoms with E-state index in [1.165, 1.54) is 0 Å². The third-order valence-corrected chi connectivity index (χ3v) is 1.20. The van der Waals surface area contributed by atoms with Crippen LogP contribution in [0.5, 0.6) is 0 Å². The summed E-state index contributed by atoms with van der Waals surface area (Å²) in [6.07, 6.45) is 0. The molecule has 0 aliphatic carbocycles. The number of hydrogen-bond donors (Lipinski definition) is 0. The van der Waals surface area contributed by atoms with Crippen molar-refractivity contribution in [3.8, 4) is 0 Å². The van der Waals surface area contributed by atoms with Gasteiger partial charge in [0, 0.05) is 6.07 Å². The van der Waals surface area contributed by atoms with E-state index in [2.05, 4.69) is 6.07 Å². The van der Waals surface area contributed by atoms with Crippen LogP contribution in [0.1, 0.15) is 17.1 Å². The lowest BCUT2D eigenvalue weighted by molar-refractivity contribution is 0.502. The lowest BCUT2D eigenvalue weighted by atomic mass is 10.3. The SMILES string of the molecule is Cc1[c]c(C)c(C)o1. The highest BCUT2D eigenvalue weighted by Crippen LogP contribution is 2.09. The lowest BCUT2D eigenvalue weighted by Gasteiger charge is -1.80. The zero-order chi connectivity index (χ0) is 6.15. The minimum Gasteiger partial charge on any atom is -0.466 e. The van der Waals surface area contributed by atoms with Crippen molar-refractivity contribution in [3.63, 3.8) is 0 Å². The van der Waals surface area contributed by atoms with Crippen LogP contribution in [-0.2, 0) is 0 Å². The maximum absolute atomic E-state index is 5.16. The summed E-state index contributed by atoms with van der Waals surface area (Å²) < 4.78 is 5.16. The molecule has 0 atom stereocenters. The van der Waals surface area contributed by atoms with Crippen LogP contribution in [0.25, 0.3) is 0 Å². The zero-order valence-corrected chi connectivity index (χ0v) is 5.41. The molecule has 1 rings (SSSR count). The Morgan fingerprint density at radius 1 is 1.25 bits per heavy atom. The number of furan rings is 1. The Morgan fingerprint density at radius 2 is 1.88 bits per heavy atom. The van der Waals surface area contributed by atoms with Gasteiger partial charge in [-0.25, -0.2) is 0 Å². The highest BCUT2D eigenvalue weighted by molar-refractivity contribution is 5.15. The van der Waals surface area contributed by atoms with E-state index in [9.17, 15) is 0 Å². The first-order chi connectivity index (χ1) is 3.70. The Hall–Kier alpha value is -0.720. The largest absolute Gasteiger partial charge is 0.466 e. The van der Waals surface area contributed by atoms with Gasteiger partial charge in [0.05, 0.1) is 0 Å². The highest BCUT2D eigenvalue weighted by Gasteiger charge is 1.96. The predicted octanol–water partition coefficient (Wildman–Crippen LogP) is 2.01. The van der Waals surface area contributed by atoms with Crippen LogP contribution in [0.4, 0.5) is 0 Å². The van der Waals surface area contributed by atoms with Crippen molar-refractivity contribution in [2.75, 3.05) is 0 Å². The van der Waals surface area contributed by atoms with E-state index in [1.54, 1.807) is 0 Å². The lowest BCUT2D eigenvalue weighted by Crippen LogP contribution is -1.64. The second-order valence-electron chi connectivity index (χ2n) is 1.96. The number of rotatable bonds is 0. The van der Waals surface area contributed by atoms with Gasteiger partial charge in [-0.15, -0.1) is 0 Å². The van der Waals surface area contributed by atoms with Gasteiger partial charge in [0.15, 0.2) is 0 Å². The fourth-order valence-corrected chi connectivity index (χ4v) is 0.684. The fourth-order valence-electron chi connectivity index (χ4n) is 0.684. The minimum atomic E-state index is 0.875. The van der Waals surface area contributed by atoms with E-state index in [-0.39, 0.29) is 0 Å². The summed E-state index contributed by atoms with van der Waals surface area (Å²) in [5.74, 6) is 1.85. The van der Waals surface area contributed by atoms with E-state index >= 15 is 0 Å². The summed E-state index contributed by atoms with van der Waals surface area (Å²) in [7, 11) is 0. The van der Waals surface area contributed by atoms with E-state index in [1.807, 2.05) is 20.8 Å². The molecule has 0 saturated heterocycles. The van der Waals surface area contributed by atoms with Crippen LogP contribution in [0, 0.1) is 26.8 Å². The molecule has 0 amide bonds. The molecule has 0 aromatic carbocycles. The Labute approximate surface area is 49.3 Å². The van der Waals surface area contributed by atoms with Crippen molar-refractivity contribution in [2.24, 2.45) is 0 Å². The van der Waals surface area contributed by atoms with Crippen molar-refractivity contribution < 1.29 is 4.42 Å². The maximum Gasteiger partial charge on any atom is 0.109 e. The molecule has 1 aromatic heterocycles. The molecule has 0 saturated carbocycles. The van der Waals surface area contributed by atoms with Crippen molar-refractivity contribution >= 4 is 0 Å². The van der Waals surface area contributed by atoms with Crippen molar-refractivity contribution in [3.05, 3.63) is 23.2 Å². The van der Waals surface area contributed by atoms with Gasteiger partial charge < -0.3 is 4.42 Å². The normalized spacial score (nSPS) is 9.88. The average Bonchev–Trinajstić information content (AvgIpc) is 1.85. The molecular weight excluding hydrogens is 100 g/mol. The van der Waals surface area contributed by atoms with Gasteiger partial charge in [0.25, 0.3) is 0 Å². The standard InChI is InChI=1S/C7H9O/c1-5-4-6(2)8-7(5)3/h1-3H3. The first kappa shape index (κ1) is 5.42. The quantitative estimate of drug-likeness (QED) is 0.496. The smallest absolute Gasteiger partial charge is 0.109 e. The molecule has 0 unspecified atom stereocenters. The van der Waals surface area contributed by atoms with Crippen LogP contribution in [0.2, 0.25) is 0 Å². The fraction of sp³-hybridized carbons (Fsp3) is 0.429. The van der Waals surface area contributed by atoms with Crippen LogP contribution in [-0.4, -0.2) is 0 Å². The van der Waals surface area contributed by atoms with E-state index < -0.39 is 0 Å². The summed E-state index contributed by atoms with van der Waals surface area (Å²) in [4.78, 5) is 0. The Bertz CT molecular complexity index is 167. The number of hydrogen-bond acceptors (Lipinski definition) is 1. The van der Waals surface area contributed by atoms with Crippen LogP contribution >= 0.6 is 0 Å². The van der Waals surface area contributed by atoms with Crippen LogP contribution in [0.15, 0.2) is 4.42 Å². The molecule has 0 N–H and O–H groups in total. The van der Waals surface area contributed by atoms with Gasteiger partial charge in [0.1, 0.15) is 11.5 Å². The van der Waals surface area contributed by atoms with E-state index in [4.69, 9.17) is 4.42 Å². The Morgan fingerprint density at radius 3 is 2.00 bits per heavy atom. The molecule has 1 heteroatoms. The monoisotopic (exact) mass is 109 g/mol. The molecular formula is C7H9O. The van der Waals surface area contributed by atoms with Crippen molar-refractivity contribution in [1.82, 2.24) is 0 Å². The van der Waals surface area contributed by atoms with Crippen LogP contribution < -0.4 is 0 Å². The first-order valence-corrected chi connectivity index (χ1v) is 2.66. The van der Waals surface area contributed by atoms with Crippen molar-refractivity contribution in [1.29, 1.82) is 0 Å². The summed E-state index contributed by atoms with van der Waals surface area (Å²) in [5.41, 5.74) is 1.11. The predicted molar refractivity (Wildman–Crippen MR) is 31.8 cm³/mol. The van der Waals surface area contributed by atoms with E-state index in [0.717, 1.165) is 17.1 Å². The molecule has 0 spiro atoms. The molecule has 1 aromatic rings. The summed E-state index contributed by atoms with van der Waals surface area (Å²) in [6.45, 7) is 5.84. The van der Waals surface area contributed by atoms with Gasteiger partial charge >= 0.3 is 0 Å². The molecule has 1 nitrogen and oxygen atoms in total. The second kappa shape index (κ2) is 1.66. The molecule has 0 aliphatic heterocycles. The molecule has 0 aliphatic rings. The summed E-state index contributed by atoms with van der Waals surface area (Å²) in [6, 6.07) is 3.04. The Balaban J connectivity index is 3.14. The number of aryl methyl sites for hydroxylation is 3. The topological polar surface area (TPSA) is 13.1 Å². The average molecular weight is 109 g/mol. The van der Waals surface area contributed by atoms with Crippen LogP contribution in [0.3, 0.4) is 0 Å². The summed E-state index contributed by atoms with van der Waals surface area (Å²) in [5, 5.41) is 0. The maximum atomic E-state index is 5.16. The highest BCUT2D eigenvalue weighted by atomic mass is 16.3. The molecule has 0 fully saturated rings. The minimum absolute atomic E-state index is 0.875. The van der Waals surface area contributed by atoms with E-state index in [0.29, 0.717) is 0 Å². The third kappa shape index (κ3) is 0.760. The van der Waals surface area contributed by atoms with Gasteiger partial charge in [0.2, 0.25) is 0 Å². The molecule has 1 radical (unpaired) electrons. The van der Waals surface area contributed by atoms with Crippen molar-refractivity contribution in [2.45, 2.75) is 20.8 Å². The molecule has 0 bridgehead atoms. The van der Waals surface area contributed by atoms with Gasteiger partial charge in [-0.05, 0) is 26.3 Å². The second-order valence-corrected chi connectivity index (χ2v) is 1.96. The third-order valence-electron chi connectivity index (χ3n) is 1.20. The summed E-state index contributed by atoms with van der Waals surface area (Å²) >= 11 is 0. The van der Waals surface area contributed by atoms with Gasteiger partial charge in [-0.2, -0.15) is 0 Å². The van der Waals surface area contributed by atoms with Gasteiger partial charge in [-0.1, -0.05) is 0 Å². The van der Waals surface area contributed by atoms with Gasteiger partial charge in [-0.3, -0.25) is 0 Å². The molecule has 8 heavy (non-hydrogen) atoms. The zero-order valence-electron chi connectivity index (χ0n) is 5.41. The Kier molecular flexibility index (Phi) is 1.12. The first-order valence-electron chi connectivity index (χ1n) is 2.66. The molecule has 43 valence electrons. The molecule has 1 heterocycles.